The van der Waals surface area contributed by atoms with E-state index in [4.69, 9.17) is 20.9 Å². The van der Waals surface area contributed by atoms with E-state index in [0.717, 1.165) is 17.8 Å². The zero-order chi connectivity index (χ0) is 31.2. The van der Waals surface area contributed by atoms with Crippen molar-refractivity contribution in [1.29, 1.82) is 0 Å². The molecule has 43 heavy (non-hydrogen) atoms. The highest BCUT2D eigenvalue weighted by atomic mass is 32.1. The Balaban J connectivity index is 1.70. The molecule has 1 aliphatic rings. The molecule has 0 aliphatic heterocycles. The van der Waals surface area contributed by atoms with Gasteiger partial charge in [0.15, 0.2) is 0 Å². The predicted octanol–water partition coefficient (Wildman–Crippen LogP) is 8.37. The molecule has 0 amide bonds. The summed E-state index contributed by atoms with van der Waals surface area (Å²) in [4.78, 5) is 1.57. The number of benzene rings is 1. The molecule has 4 rings (SSSR count). The van der Waals surface area contributed by atoms with E-state index in [1.54, 1.807) is 56.3 Å². The van der Waals surface area contributed by atoms with Gasteiger partial charge in [-0.15, -0.1) is 22.7 Å². The Morgan fingerprint density at radius 3 is 2.30 bits per heavy atom. The molecule has 0 spiro atoms. The second kappa shape index (κ2) is 14.3. The van der Waals surface area contributed by atoms with Gasteiger partial charge in [-0.2, -0.15) is 17.6 Å². The largest absolute Gasteiger partial charge is 0.494 e. The van der Waals surface area contributed by atoms with E-state index < -0.39 is 29.2 Å². The molecule has 2 aromatic heterocycles. The zero-order valence-corrected chi connectivity index (χ0v) is 25.6. The van der Waals surface area contributed by atoms with E-state index in [1.807, 2.05) is 0 Å². The van der Waals surface area contributed by atoms with Crippen LogP contribution in [-0.2, 0) is 4.74 Å². The van der Waals surface area contributed by atoms with Gasteiger partial charge in [0.05, 0.1) is 13.2 Å². The molecule has 11 heteroatoms. The first kappa shape index (κ1) is 33.1. The van der Waals surface area contributed by atoms with E-state index >= 15 is 17.6 Å². The van der Waals surface area contributed by atoms with Crippen LogP contribution >= 0.6 is 22.7 Å². The summed E-state index contributed by atoms with van der Waals surface area (Å²) in [5.74, 6) is -8.16. The fraction of sp³-hybridized carbons (Fsp3) is 0.375. The van der Waals surface area contributed by atoms with Gasteiger partial charge in [0.25, 0.3) is 0 Å². The lowest BCUT2D eigenvalue weighted by Gasteiger charge is -2.19. The maximum atomic E-state index is 15.5. The van der Waals surface area contributed by atoms with Crippen molar-refractivity contribution in [3.05, 3.63) is 80.9 Å². The van der Waals surface area contributed by atoms with Gasteiger partial charge in [-0.25, -0.2) is 4.39 Å². The summed E-state index contributed by atoms with van der Waals surface area (Å²) in [6.07, 6.45) is 3.10. The van der Waals surface area contributed by atoms with Crippen LogP contribution in [0.2, 0.25) is 0 Å². The molecule has 0 saturated heterocycles. The van der Waals surface area contributed by atoms with Crippen LogP contribution in [0.25, 0.3) is 27.2 Å². The average molecular weight is 639 g/mol. The monoisotopic (exact) mass is 638 g/mol. The van der Waals surface area contributed by atoms with Crippen molar-refractivity contribution in [3.8, 4) is 16.2 Å². The standard InChI is InChI=1S/C32H35F5N2O2S2/c1-3-21(7-4-14-40-15-5-12-38)27-18-25(20(2)43-27)29-28(31(34,35)30(33)32(29,36)37)23-17-26(42-19-23)22-8-10-24(11-9-22)41-16-6-13-39/h3-4,7-11,17-19,30H,5-6,12-16,38-39H2,1-2H3/b7-4-,21-3+. The van der Waals surface area contributed by atoms with Crippen LogP contribution in [0.1, 0.15) is 40.6 Å². The summed E-state index contributed by atoms with van der Waals surface area (Å²) >= 11 is 2.31. The third-order valence-corrected chi connectivity index (χ3v) is 9.06. The summed E-state index contributed by atoms with van der Waals surface area (Å²) in [6, 6.07) is 9.85. The van der Waals surface area contributed by atoms with Crippen molar-refractivity contribution < 1.29 is 31.4 Å². The number of nitrogens with two attached hydrogens (primary N) is 2. The summed E-state index contributed by atoms with van der Waals surface area (Å²) in [5, 5.41) is 1.38. The molecule has 1 aromatic carbocycles. The van der Waals surface area contributed by atoms with E-state index in [9.17, 15) is 4.39 Å². The molecule has 4 nitrogen and oxygen atoms in total. The Bertz CT molecular complexity index is 1470. The second-order valence-corrected chi connectivity index (χ2v) is 12.2. The van der Waals surface area contributed by atoms with Crippen molar-refractivity contribution in [2.24, 2.45) is 11.5 Å². The van der Waals surface area contributed by atoms with E-state index in [1.165, 1.54) is 28.8 Å². The van der Waals surface area contributed by atoms with Crippen molar-refractivity contribution in [2.45, 2.75) is 44.7 Å². The molecule has 232 valence electrons. The number of ether oxygens (including phenoxy) is 2. The summed E-state index contributed by atoms with van der Waals surface area (Å²) in [6.45, 7) is 5.70. The van der Waals surface area contributed by atoms with E-state index in [-0.39, 0.29) is 11.1 Å². The number of aryl methyl sites for hydroxylation is 1. The Labute approximate surface area is 256 Å². The summed E-state index contributed by atoms with van der Waals surface area (Å²) < 4.78 is 87.7. The first-order valence-electron chi connectivity index (χ1n) is 13.9. The van der Waals surface area contributed by atoms with Crippen molar-refractivity contribution >= 4 is 39.4 Å². The topological polar surface area (TPSA) is 70.5 Å². The van der Waals surface area contributed by atoms with Crippen LogP contribution in [0.4, 0.5) is 22.0 Å². The van der Waals surface area contributed by atoms with Crippen LogP contribution in [0, 0.1) is 6.92 Å². The minimum atomic E-state index is -4.39. The van der Waals surface area contributed by atoms with Gasteiger partial charge in [0.2, 0.25) is 6.17 Å². The highest BCUT2D eigenvalue weighted by molar-refractivity contribution is 7.14. The van der Waals surface area contributed by atoms with Crippen molar-refractivity contribution in [1.82, 2.24) is 0 Å². The van der Waals surface area contributed by atoms with Gasteiger partial charge in [0, 0.05) is 32.4 Å². The Hall–Kier alpha value is -2.83. The van der Waals surface area contributed by atoms with Gasteiger partial charge in [-0.05, 0) is 104 Å². The molecule has 3 aromatic rings. The van der Waals surface area contributed by atoms with E-state index in [0.29, 0.717) is 70.8 Å². The molecule has 1 unspecified atom stereocenters. The molecule has 0 fully saturated rings. The minimum Gasteiger partial charge on any atom is -0.494 e. The molecular formula is C32H35F5N2O2S2. The molecule has 0 radical (unpaired) electrons. The molecule has 4 N–H and O–H groups in total. The van der Waals surface area contributed by atoms with Gasteiger partial charge in [-0.3, -0.25) is 0 Å². The van der Waals surface area contributed by atoms with Gasteiger partial charge < -0.3 is 20.9 Å². The Kier molecular flexibility index (Phi) is 11.0. The number of alkyl halides is 5. The molecule has 1 aliphatic carbocycles. The van der Waals surface area contributed by atoms with Crippen molar-refractivity contribution in [3.63, 3.8) is 0 Å². The lowest BCUT2D eigenvalue weighted by molar-refractivity contribution is -0.108. The number of hydrogen-bond donors (Lipinski definition) is 2. The SMILES string of the molecule is C/C=C(\C=C/COCCCN)c1cc(C2=C(c3csc(-c4ccc(OCCCN)cc4)c3)C(F)(F)C(F)C2(F)F)c(C)s1. The zero-order valence-electron chi connectivity index (χ0n) is 24.0. The number of rotatable bonds is 14. The second-order valence-electron chi connectivity index (χ2n) is 10.0. The molecule has 1 atom stereocenters. The fourth-order valence-corrected chi connectivity index (χ4v) is 6.77. The van der Waals surface area contributed by atoms with Gasteiger partial charge >= 0.3 is 11.8 Å². The third kappa shape index (κ3) is 7.12. The lowest BCUT2D eigenvalue weighted by Crippen LogP contribution is -2.38. The minimum absolute atomic E-state index is 0.0847. The first-order valence-corrected chi connectivity index (χ1v) is 15.6. The lowest BCUT2D eigenvalue weighted by atomic mass is 9.95. The number of thiophene rings is 2. The molecule has 0 bridgehead atoms. The Morgan fingerprint density at radius 1 is 0.953 bits per heavy atom. The van der Waals surface area contributed by atoms with Crippen LogP contribution in [-0.4, -0.2) is 50.9 Å². The quantitative estimate of drug-likeness (QED) is 0.106. The number of halogens is 5. The van der Waals surface area contributed by atoms with Gasteiger partial charge in [-0.1, -0.05) is 18.2 Å². The van der Waals surface area contributed by atoms with E-state index in [2.05, 4.69) is 0 Å². The van der Waals surface area contributed by atoms with Gasteiger partial charge in [0.1, 0.15) is 5.75 Å². The molecule has 2 heterocycles. The summed E-state index contributed by atoms with van der Waals surface area (Å²) in [7, 11) is 0. The number of hydrogen-bond acceptors (Lipinski definition) is 6. The summed E-state index contributed by atoms with van der Waals surface area (Å²) in [5.41, 5.74) is 10.2. The number of allylic oxidation sites excluding steroid dienone is 5. The normalized spacial score (nSPS) is 18.3. The van der Waals surface area contributed by atoms with Crippen LogP contribution < -0.4 is 16.2 Å². The first-order chi connectivity index (χ1) is 20.6. The molecular weight excluding hydrogens is 603 g/mol. The Morgan fingerprint density at radius 2 is 1.63 bits per heavy atom. The fourth-order valence-electron chi connectivity index (χ4n) is 4.78. The maximum absolute atomic E-state index is 15.5. The van der Waals surface area contributed by atoms with Crippen LogP contribution in [0.15, 0.2) is 60.0 Å². The third-order valence-electron chi connectivity index (χ3n) is 6.98. The predicted molar refractivity (Wildman–Crippen MR) is 167 cm³/mol. The molecule has 0 saturated carbocycles. The van der Waals surface area contributed by atoms with Crippen LogP contribution in [0.3, 0.4) is 0 Å². The maximum Gasteiger partial charge on any atom is 0.311 e. The van der Waals surface area contributed by atoms with Crippen molar-refractivity contribution in [2.75, 3.05) is 32.9 Å². The van der Waals surface area contributed by atoms with Crippen LogP contribution in [0.5, 0.6) is 5.75 Å². The highest BCUT2D eigenvalue weighted by Gasteiger charge is 2.68. The highest BCUT2D eigenvalue weighted by Crippen LogP contribution is 2.60. The smallest absolute Gasteiger partial charge is 0.311 e. The average Bonchev–Trinajstić information content (AvgIpc) is 3.65.